The lowest BCUT2D eigenvalue weighted by molar-refractivity contribution is -0.651. The van der Waals surface area contributed by atoms with Crippen LogP contribution in [0.15, 0.2) is 17.0 Å². The Labute approximate surface area is 127 Å². The number of hydrogen-bond acceptors (Lipinski definition) is 3. The van der Waals surface area contributed by atoms with Crippen molar-refractivity contribution < 1.29 is 14.8 Å². The molecule has 20 heavy (non-hydrogen) atoms. The zero-order chi connectivity index (χ0) is 14.8. The first-order valence-electron chi connectivity index (χ1n) is 7.63. The maximum atomic E-state index is 5.81. The van der Waals surface area contributed by atoms with Crippen molar-refractivity contribution in [1.29, 1.82) is 0 Å². The summed E-state index contributed by atoms with van der Waals surface area (Å²) in [7, 11) is 0. The lowest BCUT2D eigenvalue weighted by Gasteiger charge is -2.16. The maximum absolute atomic E-state index is 5.81. The first-order chi connectivity index (χ1) is 9.76. The lowest BCUT2D eigenvalue weighted by atomic mass is 10.1. The van der Waals surface area contributed by atoms with Crippen LogP contribution in [0.5, 0.6) is 11.5 Å². The first-order valence-corrected chi connectivity index (χ1v) is 8.62. The average Bonchev–Trinajstić information content (AvgIpc) is 2.44. The molecular weight excluding hydrogens is 270 g/mol. The molecule has 0 saturated carbocycles. The topological polar surface area (TPSA) is 35.1 Å². The zero-order valence-electron chi connectivity index (χ0n) is 13.2. The number of hydrogen-bond donors (Lipinski definition) is 1. The molecule has 1 aromatic rings. The minimum atomic E-state index is 0.700. The van der Waals surface area contributed by atoms with Gasteiger partial charge >= 0.3 is 0 Å². The van der Waals surface area contributed by atoms with Crippen molar-refractivity contribution in [3.8, 4) is 11.5 Å². The third kappa shape index (κ3) is 5.25. The third-order valence-corrected chi connectivity index (χ3v) is 3.85. The Bertz CT molecular complexity index is 396. The fourth-order valence-corrected chi connectivity index (χ4v) is 2.83. The minimum Gasteiger partial charge on any atom is -0.494 e. The molecule has 0 heterocycles. The second kappa shape index (κ2) is 9.94. The van der Waals surface area contributed by atoms with Crippen molar-refractivity contribution in [2.45, 2.75) is 39.0 Å². The summed E-state index contributed by atoms with van der Waals surface area (Å²) >= 11 is 1.81. The van der Waals surface area contributed by atoms with Gasteiger partial charge in [-0.2, -0.15) is 0 Å². The maximum Gasteiger partial charge on any atom is 0.133 e. The molecule has 1 aromatic carbocycles. The normalized spacial score (nSPS) is 10.6. The number of ether oxygens (including phenoxy) is 2. The highest BCUT2D eigenvalue weighted by atomic mass is 32.2. The summed E-state index contributed by atoms with van der Waals surface area (Å²) in [6.45, 7) is 12.0. The number of quaternary nitrogens is 1. The number of rotatable bonds is 10. The van der Waals surface area contributed by atoms with Crippen molar-refractivity contribution in [2.24, 2.45) is 0 Å². The van der Waals surface area contributed by atoms with Crippen molar-refractivity contribution in [2.75, 3.05) is 32.1 Å². The number of likely N-dealkylation sites (N-methyl/N-ethyl adjacent to an activating group) is 1. The van der Waals surface area contributed by atoms with E-state index in [9.17, 15) is 0 Å². The van der Waals surface area contributed by atoms with E-state index in [0.717, 1.165) is 36.8 Å². The van der Waals surface area contributed by atoms with Crippen LogP contribution in [0.2, 0.25) is 0 Å². The molecule has 0 atom stereocenters. The summed E-state index contributed by atoms with van der Waals surface area (Å²) in [6.07, 6.45) is 1.01. The van der Waals surface area contributed by atoms with Gasteiger partial charge in [0, 0.05) is 12.0 Å². The van der Waals surface area contributed by atoms with E-state index in [4.69, 9.17) is 9.47 Å². The van der Waals surface area contributed by atoms with E-state index >= 15 is 0 Å². The van der Waals surface area contributed by atoms with Gasteiger partial charge in [0.25, 0.3) is 0 Å². The molecule has 0 spiro atoms. The number of nitrogens with two attached hydrogens (primary N) is 1. The van der Waals surface area contributed by atoms with Gasteiger partial charge in [0.15, 0.2) is 0 Å². The van der Waals surface area contributed by atoms with Crippen LogP contribution in [-0.4, -0.2) is 32.1 Å². The number of benzene rings is 1. The molecule has 0 aromatic heterocycles. The molecule has 4 heteroatoms. The van der Waals surface area contributed by atoms with Crippen LogP contribution in [0.4, 0.5) is 0 Å². The molecule has 0 amide bonds. The van der Waals surface area contributed by atoms with E-state index in [1.165, 1.54) is 10.5 Å². The standard InChI is InChI=1S/C16H27NO2S/c1-5-17-10-9-13-11-15(19-7-3)16(20-8-4)12-14(13)18-6-2/h11-12,17H,5-10H2,1-4H3/p+1. The molecule has 1 rings (SSSR count). The molecule has 0 aliphatic rings. The highest BCUT2D eigenvalue weighted by Crippen LogP contribution is 2.36. The van der Waals surface area contributed by atoms with Crippen molar-refractivity contribution >= 4 is 11.8 Å². The van der Waals surface area contributed by atoms with Crippen LogP contribution in [0.1, 0.15) is 33.3 Å². The largest absolute Gasteiger partial charge is 0.494 e. The molecule has 0 radical (unpaired) electrons. The van der Waals surface area contributed by atoms with Gasteiger partial charge in [-0.15, -0.1) is 11.8 Å². The fourth-order valence-electron chi connectivity index (χ4n) is 2.07. The molecule has 0 fully saturated rings. The second-order valence-corrected chi connectivity index (χ2v) is 5.75. The van der Waals surface area contributed by atoms with Gasteiger partial charge < -0.3 is 14.8 Å². The minimum absolute atomic E-state index is 0.700. The van der Waals surface area contributed by atoms with Gasteiger partial charge in [-0.25, -0.2) is 0 Å². The van der Waals surface area contributed by atoms with Crippen LogP contribution in [0.3, 0.4) is 0 Å². The van der Waals surface area contributed by atoms with Gasteiger partial charge in [0.1, 0.15) is 11.5 Å². The average molecular weight is 298 g/mol. The van der Waals surface area contributed by atoms with Crippen LogP contribution < -0.4 is 14.8 Å². The van der Waals surface area contributed by atoms with Gasteiger partial charge in [0.05, 0.1) is 31.2 Å². The lowest BCUT2D eigenvalue weighted by Crippen LogP contribution is -2.84. The van der Waals surface area contributed by atoms with Crippen molar-refractivity contribution in [3.63, 3.8) is 0 Å². The summed E-state index contributed by atoms with van der Waals surface area (Å²) in [5.41, 5.74) is 1.25. The zero-order valence-corrected chi connectivity index (χ0v) is 14.0. The fraction of sp³-hybridized carbons (Fsp3) is 0.625. The third-order valence-electron chi connectivity index (χ3n) is 2.93. The predicted octanol–water partition coefficient (Wildman–Crippen LogP) is 2.72. The van der Waals surface area contributed by atoms with Crippen molar-refractivity contribution in [3.05, 3.63) is 17.7 Å². The van der Waals surface area contributed by atoms with Gasteiger partial charge in [-0.1, -0.05) is 6.92 Å². The highest BCUT2D eigenvalue weighted by Gasteiger charge is 2.12. The monoisotopic (exact) mass is 298 g/mol. The molecule has 0 unspecified atom stereocenters. The summed E-state index contributed by atoms with van der Waals surface area (Å²) in [5, 5.41) is 2.31. The Kier molecular flexibility index (Phi) is 8.54. The second-order valence-electron chi connectivity index (χ2n) is 4.44. The summed E-state index contributed by atoms with van der Waals surface area (Å²) in [5.74, 6) is 3.04. The summed E-state index contributed by atoms with van der Waals surface area (Å²) < 4.78 is 11.6. The number of thioether (sulfide) groups is 1. The molecule has 0 saturated heterocycles. The van der Waals surface area contributed by atoms with Crippen LogP contribution in [0, 0.1) is 0 Å². The van der Waals surface area contributed by atoms with E-state index in [1.807, 2.05) is 13.8 Å². The Balaban J connectivity index is 3.00. The molecule has 2 N–H and O–H groups in total. The van der Waals surface area contributed by atoms with E-state index in [1.54, 1.807) is 11.8 Å². The SMILES string of the molecule is CC[NH2+]CCc1cc(OCC)c(SCC)cc1OCC. The molecule has 114 valence electrons. The summed E-state index contributed by atoms with van der Waals surface area (Å²) in [6, 6.07) is 4.31. The molecule has 0 aliphatic carbocycles. The quantitative estimate of drug-likeness (QED) is 0.533. The Morgan fingerprint density at radius 1 is 1.00 bits per heavy atom. The van der Waals surface area contributed by atoms with Crippen molar-refractivity contribution in [1.82, 2.24) is 0 Å². The van der Waals surface area contributed by atoms with Gasteiger partial charge in [-0.3, -0.25) is 0 Å². The molecule has 0 aliphatic heterocycles. The highest BCUT2D eigenvalue weighted by molar-refractivity contribution is 7.99. The van der Waals surface area contributed by atoms with E-state index in [2.05, 4.69) is 31.3 Å². The Hall–Kier alpha value is -0.870. The summed E-state index contributed by atoms with van der Waals surface area (Å²) in [4.78, 5) is 1.18. The van der Waals surface area contributed by atoms with E-state index in [-0.39, 0.29) is 0 Å². The van der Waals surface area contributed by atoms with Gasteiger partial charge in [-0.05, 0) is 38.7 Å². The van der Waals surface area contributed by atoms with Gasteiger partial charge in [0.2, 0.25) is 0 Å². The molecule has 0 bridgehead atoms. The predicted molar refractivity (Wildman–Crippen MR) is 86.2 cm³/mol. The Morgan fingerprint density at radius 2 is 1.70 bits per heavy atom. The first kappa shape index (κ1) is 17.2. The van der Waals surface area contributed by atoms with Crippen LogP contribution in [0.25, 0.3) is 0 Å². The Morgan fingerprint density at radius 3 is 2.30 bits per heavy atom. The van der Waals surface area contributed by atoms with Crippen LogP contribution in [-0.2, 0) is 6.42 Å². The van der Waals surface area contributed by atoms with E-state index in [0.29, 0.717) is 13.2 Å². The molecule has 3 nitrogen and oxygen atoms in total. The van der Waals surface area contributed by atoms with E-state index < -0.39 is 0 Å². The molecular formula is C16H28NO2S+. The smallest absolute Gasteiger partial charge is 0.133 e. The van der Waals surface area contributed by atoms with Crippen LogP contribution >= 0.6 is 11.8 Å².